The fourth-order valence-corrected chi connectivity index (χ4v) is 1.67. The summed E-state index contributed by atoms with van der Waals surface area (Å²) in [7, 11) is 0. The highest BCUT2D eigenvalue weighted by atomic mass is 19.4. The van der Waals surface area contributed by atoms with Gasteiger partial charge in [0.25, 0.3) is 5.91 Å². The molecule has 0 radical (unpaired) electrons. The summed E-state index contributed by atoms with van der Waals surface area (Å²) >= 11 is 0. The van der Waals surface area contributed by atoms with E-state index in [1.54, 1.807) is 0 Å². The molecule has 1 aromatic heterocycles. The first-order chi connectivity index (χ1) is 10.8. The summed E-state index contributed by atoms with van der Waals surface area (Å²) in [6, 6.07) is 4.77. The molecule has 0 unspecified atom stereocenters. The number of halogens is 3. The number of carbonyl (C=O) groups excluding carboxylic acids is 2. The van der Waals surface area contributed by atoms with Gasteiger partial charge < -0.3 is 0 Å². The molecule has 2 aromatic rings. The number of nitrogens with zero attached hydrogens (tertiary/aromatic N) is 4. The number of tetrazole rings is 1. The van der Waals surface area contributed by atoms with E-state index in [1.165, 1.54) is 25.1 Å². The van der Waals surface area contributed by atoms with Crippen molar-refractivity contribution in [2.45, 2.75) is 19.6 Å². The molecule has 2 rings (SSSR count). The van der Waals surface area contributed by atoms with Gasteiger partial charge in [0.05, 0.1) is 5.56 Å². The van der Waals surface area contributed by atoms with Gasteiger partial charge in [-0.05, 0) is 11.3 Å². The highest BCUT2D eigenvalue weighted by molar-refractivity contribution is 5.80. The average Bonchev–Trinajstić information content (AvgIpc) is 2.92. The van der Waals surface area contributed by atoms with Crippen LogP contribution in [0.1, 0.15) is 12.5 Å². The highest BCUT2D eigenvalue weighted by Gasteiger charge is 2.34. The molecule has 11 heteroatoms. The first kappa shape index (κ1) is 16.4. The molecule has 0 bridgehead atoms. The lowest BCUT2D eigenvalue weighted by atomic mass is 10.1. The Bertz CT molecular complexity index is 728. The summed E-state index contributed by atoms with van der Waals surface area (Å²) in [5.74, 6) is -1.40. The number of amides is 2. The minimum atomic E-state index is -4.56. The van der Waals surface area contributed by atoms with Crippen molar-refractivity contribution in [1.82, 2.24) is 31.1 Å². The molecule has 23 heavy (non-hydrogen) atoms. The van der Waals surface area contributed by atoms with Crippen LogP contribution in [-0.2, 0) is 22.3 Å². The zero-order chi connectivity index (χ0) is 17.0. The Kier molecular flexibility index (Phi) is 4.57. The Hall–Kier alpha value is -2.98. The number of alkyl halides is 3. The van der Waals surface area contributed by atoms with E-state index in [0.717, 1.165) is 10.9 Å². The van der Waals surface area contributed by atoms with Crippen LogP contribution in [-0.4, -0.2) is 32.0 Å². The summed E-state index contributed by atoms with van der Waals surface area (Å²) < 4.78 is 38.8. The Morgan fingerprint density at radius 1 is 1.22 bits per heavy atom. The van der Waals surface area contributed by atoms with E-state index in [1.807, 2.05) is 0 Å². The Balaban J connectivity index is 2.17. The van der Waals surface area contributed by atoms with Gasteiger partial charge in [-0.1, -0.05) is 18.2 Å². The van der Waals surface area contributed by atoms with E-state index in [0.29, 0.717) is 0 Å². The lowest BCUT2D eigenvalue weighted by Gasteiger charge is -2.09. The largest absolute Gasteiger partial charge is 0.417 e. The molecular weight excluding hydrogens is 317 g/mol. The molecule has 0 aliphatic rings. The predicted molar refractivity (Wildman–Crippen MR) is 70.2 cm³/mol. The van der Waals surface area contributed by atoms with Gasteiger partial charge in [0.2, 0.25) is 11.7 Å². The van der Waals surface area contributed by atoms with Crippen LogP contribution in [0.25, 0.3) is 11.4 Å². The summed E-state index contributed by atoms with van der Waals surface area (Å²) in [6.07, 6.45) is -4.56. The molecule has 1 heterocycles. The lowest BCUT2D eigenvalue weighted by molar-refractivity contribution is -0.137. The van der Waals surface area contributed by atoms with Gasteiger partial charge in [0.15, 0.2) is 0 Å². The zero-order valence-electron chi connectivity index (χ0n) is 11.8. The maximum absolute atomic E-state index is 12.9. The third-order valence-corrected chi connectivity index (χ3v) is 2.59. The van der Waals surface area contributed by atoms with E-state index < -0.39 is 30.1 Å². The van der Waals surface area contributed by atoms with E-state index in [-0.39, 0.29) is 11.4 Å². The van der Waals surface area contributed by atoms with Crippen LogP contribution >= 0.6 is 0 Å². The van der Waals surface area contributed by atoms with Crippen LogP contribution in [0.2, 0.25) is 0 Å². The molecule has 2 amide bonds. The first-order valence-corrected chi connectivity index (χ1v) is 6.27. The van der Waals surface area contributed by atoms with E-state index >= 15 is 0 Å². The number of hydrazine groups is 1. The number of nitrogens with one attached hydrogen (secondary N) is 2. The highest BCUT2D eigenvalue weighted by Crippen LogP contribution is 2.35. The Labute approximate surface area is 127 Å². The number of aromatic nitrogens is 4. The average molecular weight is 328 g/mol. The van der Waals surface area contributed by atoms with Crippen molar-refractivity contribution >= 4 is 11.8 Å². The van der Waals surface area contributed by atoms with Crippen molar-refractivity contribution < 1.29 is 22.8 Å². The fraction of sp³-hybridized carbons (Fsp3) is 0.250. The normalized spacial score (nSPS) is 11.1. The molecule has 0 saturated carbocycles. The predicted octanol–water partition coefficient (Wildman–Crippen LogP) is 0.526. The molecule has 0 spiro atoms. The van der Waals surface area contributed by atoms with Gasteiger partial charge in [0, 0.05) is 12.5 Å². The molecule has 0 fully saturated rings. The summed E-state index contributed by atoms with van der Waals surface area (Å²) in [5.41, 5.74) is 2.98. The topological polar surface area (TPSA) is 102 Å². The second kappa shape index (κ2) is 6.42. The van der Waals surface area contributed by atoms with Crippen LogP contribution in [0.3, 0.4) is 0 Å². The van der Waals surface area contributed by atoms with Gasteiger partial charge in [-0.15, -0.1) is 10.2 Å². The van der Waals surface area contributed by atoms with E-state index in [4.69, 9.17) is 0 Å². The maximum Gasteiger partial charge on any atom is 0.417 e. The fourth-order valence-electron chi connectivity index (χ4n) is 1.67. The van der Waals surface area contributed by atoms with Crippen LogP contribution in [0.15, 0.2) is 24.3 Å². The van der Waals surface area contributed by atoms with Gasteiger partial charge in [-0.3, -0.25) is 20.4 Å². The van der Waals surface area contributed by atoms with Crippen molar-refractivity contribution in [3.63, 3.8) is 0 Å². The van der Waals surface area contributed by atoms with E-state index in [2.05, 4.69) is 26.3 Å². The molecule has 8 nitrogen and oxygen atoms in total. The molecule has 2 N–H and O–H groups in total. The smallest absolute Gasteiger partial charge is 0.274 e. The molecule has 0 saturated heterocycles. The molecular formula is C12H11F3N6O2. The van der Waals surface area contributed by atoms with Gasteiger partial charge in [0.1, 0.15) is 6.54 Å². The molecule has 0 aliphatic carbocycles. The molecule has 0 aliphatic heterocycles. The number of hydrogen-bond donors (Lipinski definition) is 2. The lowest BCUT2D eigenvalue weighted by Crippen LogP contribution is -2.42. The van der Waals surface area contributed by atoms with Gasteiger partial charge in [-0.2, -0.15) is 18.0 Å². The quantitative estimate of drug-likeness (QED) is 0.800. The van der Waals surface area contributed by atoms with Crippen LogP contribution < -0.4 is 10.9 Å². The standard InChI is InChI=1S/C12H11F3N6O2/c1-7(22)16-17-10(23)6-21-19-11(18-20-21)8-4-2-3-5-9(8)12(13,14)15/h2-5H,6H2,1H3,(H,16,22)(H,17,23). The zero-order valence-corrected chi connectivity index (χ0v) is 11.8. The molecule has 0 atom stereocenters. The number of hydrogen-bond acceptors (Lipinski definition) is 5. The summed E-state index contributed by atoms with van der Waals surface area (Å²) in [5, 5.41) is 10.8. The van der Waals surface area contributed by atoms with Crippen molar-refractivity contribution in [3.05, 3.63) is 29.8 Å². The van der Waals surface area contributed by atoms with Crippen molar-refractivity contribution in [3.8, 4) is 11.4 Å². The van der Waals surface area contributed by atoms with Crippen LogP contribution in [0.4, 0.5) is 13.2 Å². The van der Waals surface area contributed by atoms with Gasteiger partial charge >= 0.3 is 6.18 Å². The first-order valence-electron chi connectivity index (χ1n) is 6.27. The Morgan fingerprint density at radius 2 is 1.91 bits per heavy atom. The third kappa shape index (κ3) is 4.25. The summed E-state index contributed by atoms with van der Waals surface area (Å²) in [4.78, 5) is 22.9. The Morgan fingerprint density at radius 3 is 2.57 bits per heavy atom. The third-order valence-electron chi connectivity index (χ3n) is 2.59. The second-order valence-electron chi connectivity index (χ2n) is 4.42. The second-order valence-corrected chi connectivity index (χ2v) is 4.42. The molecule has 122 valence electrons. The van der Waals surface area contributed by atoms with Crippen molar-refractivity contribution in [1.29, 1.82) is 0 Å². The maximum atomic E-state index is 12.9. The van der Waals surface area contributed by atoms with Crippen LogP contribution in [0, 0.1) is 0 Å². The van der Waals surface area contributed by atoms with Crippen LogP contribution in [0.5, 0.6) is 0 Å². The summed E-state index contributed by atoms with van der Waals surface area (Å²) in [6.45, 7) is 0.779. The van der Waals surface area contributed by atoms with Crippen molar-refractivity contribution in [2.75, 3.05) is 0 Å². The van der Waals surface area contributed by atoms with E-state index in [9.17, 15) is 22.8 Å². The molecule has 1 aromatic carbocycles. The number of rotatable bonds is 3. The number of carbonyl (C=O) groups is 2. The number of benzene rings is 1. The monoisotopic (exact) mass is 328 g/mol. The minimum absolute atomic E-state index is 0.242. The van der Waals surface area contributed by atoms with Gasteiger partial charge in [-0.25, -0.2) is 0 Å². The minimum Gasteiger partial charge on any atom is -0.274 e. The van der Waals surface area contributed by atoms with Crippen molar-refractivity contribution in [2.24, 2.45) is 0 Å². The SMILES string of the molecule is CC(=O)NNC(=O)Cn1nnc(-c2ccccc2C(F)(F)F)n1.